The number of nitriles is 1. The highest BCUT2D eigenvalue weighted by Gasteiger charge is 2.23. The molecule has 1 aliphatic carbocycles. The van der Waals surface area contributed by atoms with E-state index >= 15 is 0 Å². The summed E-state index contributed by atoms with van der Waals surface area (Å²) < 4.78 is 1.89. The van der Waals surface area contributed by atoms with Crippen molar-refractivity contribution < 1.29 is 0 Å². The molecular formula is C13H12N4. The molecule has 0 unspecified atom stereocenters. The lowest BCUT2D eigenvalue weighted by molar-refractivity contribution is 0.564. The van der Waals surface area contributed by atoms with Crippen LogP contribution in [-0.2, 0) is 6.54 Å². The molecule has 0 radical (unpaired) electrons. The van der Waals surface area contributed by atoms with E-state index in [0.29, 0.717) is 5.56 Å². The van der Waals surface area contributed by atoms with Crippen molar-refractivity contribution in [1.82, 2.24) is 14.8 Å². The Morgan fingerprint density at radius 1 is 1.35 bits per heavy atom. The van der Waals surface area contributed by atoms with Gasteiger partial charge in [0, 0.05) is 30.7 Å². The Balaban J connectivity index is 1.97. The van der Waals surface area contributed by atoms with Crippen LogP contribution in [-0.4, -0.2) is 14.8 Å². The Hall–Kier alpha value is -2.15. The van der Waals surface area contributed by atoms with E-state index in [2.05, 4.69) is 16.2 Å². The van der Waals surface area contributed by atoms with Crippen molar-refractivity contribution in [3.8, 4) is 17.3 Å². The summed E-state index contributed by atoms with van der Waals surface area (Å²) >= 11 is 0. The van der Waals surface area contributed by atoms with Crippen LogP contribution in [0.3, 0.4) is 0 Å². The molecule has 0 amide bonds. The largest absolute Gasteiger partial charge is 0.270 e. The van der Waals surface area contributed by atoms with Crippen LogP contribution in [0.25, 0.3) is 11.3 Å². The first-order valence-corrected chi connectivity index (χ1v) is 5.75. The fourth-order valence-corrected chi connectivity index (χ4v) is 1.88. The zero-order chi connectivity index (χ0) is 11.7. The quantitative estimate of drug-likeness (QED) is 0.803. The molecule has 4 heteroatoms. The first kappa shape index (κ1) is 10.0. The van der Waals surface area contributed by atoms with Gasteiger partial charge in [-0.25, -0.2) is 0 Å². The second kappa shape index (κ2) is 4.02. The van der Waals surface area contributed by atoms with Crippen molar-refractivity contribution in [3.05, 3.63) is 36.3 Å². The minimum Gasteiger partial charge on any atom is -0.270 e. The van der Waals surface area contributed by atoms with E-state index in [0.717, 1.165) is 23.7 Å². The molecular weight excluding hydrogens is 212 g/mol. The zero-order valence-corrected chi connectivity index (χ0v) is 9.37. The molecule has 0 bridgehead atoms. The fourth-order valence-electron chi connectivity index (χ4n) is 1.88. The van der Waals surface area contributed by atoms with Crippen LogP contribution in [0.1, 0.15) is 18.4 Å². The zero-order valence-electron chi connectivity index (χ0n) is 9.37. The van der Waals surface area contributed by atoms with Gasteiger partial charge in [-0.1, -0.05) is 0 Å². The molecule has 0 saturated heterocycles. The van der Waals surface area contributed by atoms with Gasteiger partial charge in [0.25, 0.3) is 0 Å². The summed E-state index contributed by atoms with van der Waals surface area (Å²) in [5.74, 6) is 0.756. The number of pyridine rings is 1. The van der Waals surface area contributed by atoms with E-state index in [9.17, 15) is 0 Å². The van der Waals surface area contributed by atoms with Crippen LogP contribution in [0.15, 0.2) is 30.7 Å². The summed E-state index contributed by atoms with van der Waals surface area (Å²) in [6.07, 6.45) is 7.85. The summed E-state index contributed by atoms with van der Waals surface area (Å²) in [6, 6.07) is 5.96. The van der Waals surface area contributed by atoms with Gasteiger partial charge in [-0.2, -0.15) is 10.4 Å². The standard InChI is InChI=1S/C13H12N4/c14-7-12-9-17(8-10-1-2-10)16-13(12)11-3-5-15-6-4-11/h3-6,9-10H,1-2,8H2. The van der Waals surface area contributed by atoms with E-state index < -0.39 is 0 Å². The number of hydrogen-bond acceptors (Lipinski definition) is 3. The van der Waals surface area contributed by atoms with Crippen LogP contribution in [0.4, 0.5) is 0 Å². The number of rotatable bonds is 3. The van der Waals surface area contributed by atoms with Crippen molar-refractivity contribution in [2.75, 3.05) is 0 Å². The van der Waals surface area contributed by atoms with Crippen LogP contribution in [0.5, 0.6) is 0 Å². The third kappa shape index (κ3) is 2.04. The number of nitrogens with zero attached hydrogens (tertiary/aromatic N) is 4. The molecule has 3 rings (SSSR count). The van der Waals surface area contributed by atoms with Crippen molar-refractivity contribution in [1.29, 1.82) is 5.26 Å². The summed E-state index contributed by atoms with van der Waals surface area (Å²) in [7, 11) is 0. The molecule has 2 aromatic heterocycles. The highest BCUT2D eigenvalue weighted by Crippen LogP contribution is 2.31. The van der Waals surface area contributed by atoms with Gasteiger partial charge in [-0.15, -0.1) is 0 Å². The molecule has 0 aliphatic heterocycles. The van der Waals surface area contributed by atoms with E-state index in [-0.39, 0.29) is 0 Å². The SMILES string of the molecule is N#Cc1cn(CC2CC2)nc1-c1ccncc1. The minimum atomic E-state index is 0.636. The molecule has 1 fully saturated rings. The van der Waals surface area contributed by atoms with Gasteiger partial charge >= 0.3 is 0 Å². The van der Waals surface area contributed by atoms with Crippen molar-refractivity contribution >= 4 is 0 Å². The van der Waals surface area contributed by atoms with E-state index in [1.165, 1.54) is 12.8 Å². The number of aromatic nitrogens is 3. The minimum absolute atomic E-state index is 0.636. The molecule has 2 aromatic rings. The maximum Gasteiger partial charge on any atom is 0.110 e. The monoisotopic (exact) mass is 224 g/mol. The lowest BCUT2D eigenvalue weighted by atomic mass is 10.1. The molecule has 2 heterocycles. The van der Waals surface area contributed by atoms with Crippen LogP contribution >= 0.6 is 0 Å². The van der Waals surface area contributed by atoms with Crippen molar-refractivity contribution in [2.24, 2.45) is 5.92 Å². The Morgan fingerprint density at radius 3 is 2.76 bits per heavy atom. The van der Waals surface area contributed by atoms with E-state index in [1.807, 2.05) is 23.0 Å². The lowest BCUT2D eigenvalue weighted by Crippen LogP contribution is -1.99. The van der Waals surface area contributed by atoms with Gasteiger partial charge in [-0.05, 0) is 30.9 Å². The van der Waals surface area contributed by atoms with Gasteiger partial charge in [0.15, 0.2) is 0 Å². The highest BCUT2D eigenvalue weighted by atomic mass is 15.3. The average Bonchev–Trinajstić information content (AvgIpc) is 3.08. The first-order chi connectivity index (χ1) is 8.36. The van der Waals surface area contributed by atoms with Gasteiger partial charge in [0.1, 0.15) is 11.8 Å². The van der Waals surface area contributed by atoms with Gasteiger partial charge in [-0.3, -0.25) is 9.67 Å². The molecule has 0 atom stereocenters. The average molecular weight is 224 g/mol. The molecule has 1 saturated carbocycles. The Kier molecular flexibility index (Phi) is 2.37. The van der Waals surface area contributed by atoms with Crippen molar-refractivity contribution in [2.45, 2.75) is 19.4 Å². The topological polar surface area (TPSA) is 54.5 Å². The third-order valence-electron chi connectivity index (χ3n) is 2.98. The number of hydrogen-bond donors (Lipinski definition) is 0. The molecule has 0 spiro atoms. The Morgan fingerprint density at radius 2 is 2.12 bits per heavy atom. The van der Waals surface area contributed by atoms with Gasteiger partial charge in [0.05, 0.1) is 5.56 Å². The third-order valence-corrected chi connectivity index (χ3v) is 2.98. The lowest BCUT2D eigenvalue weighted by Gasteiger charge is -1.98. The molecule has 0 aromatic carbocycles. The summed E-state index contributed by atoms with van der Waals surface area (Å²) in [5.41, 5.74) is 2.35. The smallest absolute Gasteiger partial charge is 0.110 e. The van der Waals surface area contributed by atoms with Gasteiger partial charge < -0.3 is 0 Å². The maximum atomic E-state index is 9.12. The normalized spacial score (nSPS) is 14.5. The van der Waals surface area contributed by atoms with E-state index in [4.69, 9.17) is 5.26 Å². The molecule has 1 aliphatic rings. The van der Waals surface area contributed by atoms with Crippen LogP contribution in [0.2, 0.25) is 0 Å². The fraction of sp³-hybridized carbons (Fsp3) is 0.308. The highest BCUT2D eigenvalue weighted by molar-refractivity contribution is 5.65. The first-order valence-electron chi connectivity index (χ1n) is 5.75. The molecule has 84 valence electrons. The van der Waals surface area contributed by atoms with Gasteiger partial charge in [0.2, 0.25) is 0 Å². The predicted molar refractivity (Wildman–Crippen MR) is 62.9 cm³/mol. The Labute approximate surface area is 99.5 Å². The van der Waals surface area contributed by atoms with E-state index in [1.54, 1.807) is 12.4 Å². The van der Waals surface area contributed by atoms with Crippen LogP contribution in [0, 0.1) is 17.2 Å². The summed E-state index contributed by atoms with van der Waals surface area (Å²) in [4.78, 5) is 3.97. The molecule has 0 N–H and O–H groups in total. The summed E-state index contributed by atoms with van der Waals surface area (Å²) in [6.45, 7) is 0.930. The van der Waals surface area contributed by atoms with Crippen molar-refractivity contribution in [3.63, 3.8) is 0 Å². The second-order valence-corrected chi connectivity index (χ2v) is 4.40. The second-order valence-electron chi connectivity index (χ2n) is 4.40. The molecule has 17 heavy (non-hydrogen) atoms. The predicted octanol–water partition coefficient (Wildman–Crippen LogP) is 2.23. The maximum absolute atomic E-state index is 9.12. The van der Waals surface area contributed by atoms with Crippen LogP contribution < -0.4 is 0 Å². The Bertz CT molecular complexity index is 561. The summed E-state index contributed by atoms with van der Waals surface area (Å²) in [5, 5.41) is 13.6. The molecule has 4 nitrogen and oxygen atoms in total.